The van der Waals surface area contributed by atoms with Crippen LogP contribution in [0.15, 0.2) is 85.1 Å². The molecular weight excluding hydrogens is 671 g/mol. The number of phenolic OH excluding ortho intramolecular Hbond substituents is 1. The Morgan fingerprint density at radius 2 is 1.63 bits per heavy atom. The number of benzene rings is 3. The van der Waals surface area contributed by atoms with Crippen molar-refractivity contribution in [3.63, 3.8) is 0 Å². The van der Waals surface area contributed by atoms with Gasteiger partial charge in [-0.1, -0.05) is 80.4 Å². The quantitative estimate of drug-likeness (QED) is 0.0579. The first-order chi connectivity index (χ1) is 26.1. The van der Waals surface area contributed by atoms with Gasteiger partial charge in [0, 0.05) is 12.6 Å². The average molecular weight is 730 g/mol. The normalized spacial score (nSPS) is 14.4. The molecule has 7 heteroatoms. The van der Waals surface area contributed by atoms with E-state index in [0.29, 0.717) is 35.7 Å². The van der Waals surface area contributed by atoms with Gasteiger partial charge in [-0.15, -0.1) is 0 Å². The van der Waals surface area contributed by atoms with Crippen LogP contribution in [-0.2, 0) is 41.7 Å². The van der Waals surface area contributed by atoms with E-state index >= 15 is 0 Å². The molecule has 3 aromatic carbocycles. The molecule has 286 valence electrons. The predicted molar refractivity (Wildman–Crippen MR) is 220 cm³/mol. The summed E-state index contributed by atoms with van der Waals surface area (Å²) >= 11 is 0. The smallest absolute Gasteiger partial charge is 0.163 e. The summed E-state index contributed by atoms with van der Waals surface area (Å²) in [4.78, 5) is 30.4. The molecule has 1 aromatic heterocycles. The molecule has 1 fully saturated rings. The van der Waals surface area contributed by atoms with E-state index in [4.69, 9.17) is 10.5 Å². The van der Waals surface area contributed by atoms with Crippen molar-refractivity contribution in [2.45, 2.75) is 96.8 Å². The Hall–Kier alpha value is -4.75. The van der Waals surface area contributed by atoms with Crippen LogP contribution in [0.5, 0.6) is 11.5 Å². The van der Waals surface area contributed by atoms with Crippen molar-refractivity contribution in [1.29, 1.82) is 0 Å². The highest BCUT2D eigenvalue weighted by Gasteiger charge is 2.34. The van der Waals surface area contributed by atoms with E-state index in [2.05, 4.69) is 65.8 Å². The van der Waals surface area contributed by atoms with E-state index in [1.54, 1.807) is 24.4 Å². The number of ether oxygens (including phenoxy) is 1. The molecular formula is C47H59N3O4. The van der Waals surface area contributed by atoms with E-state index in [9.17, 15) is 14.7 Å². The minimum absolute atomic E-state index is 0.0103. The summed E-state index contributed by atoms with van der Waals surface area (Å²) in [7, 11) is 3.51. The van der Waals surface area contributed by atoms with E-state index in [0.717, 1.165) is 67.3 Å². The zero-order valence-electron chi connectivity index (χ0n) is 32.5. The SMILES string of the molecule is CNC[C@H](C)CC1(CCCC(=O)CC(=O)C=Cc2cc(OC)c(O)cc2Cc2cnc(N)cc2CCc2cccc(CCc3ccccc3)c2)CCCC1. The van der Waals surface area contributed by atoms with E-state index in [1.165, 1.54) is 62.0 Å². The number of nitrogens with one attached hydrogen (secondary N) is 1. The van der Waals surface area contributed by atoms with Gasteiger partial charge in [-0.25, -0.2) is 4.98 Å². The van der Waals surface area contributed by atoms with Gasteiger partial charge >= 0.3 is 0 Å². The monoisotopic (exact) mass is 729 g/mol. The second-order valence-corrected chi connectivity index (χ2v) is 15.5. The molecule has 1 heterocycles. The van der Waals surface area contributed by atoms with Crippen LogP contribution in [0.2, 0.25) is 0 Å². The fraction of sp³-hybridized carbons (Fsp3) is 0.426. The van der Waals surface area contributed by atoms with Crippen molar-refractivity contribution >= 4 is 23.5 Å². The molecule has 0 unspecified atom stereocenters. The Kier molecular flexibility index (Phi) is 15.0. The summed E-state index contributed by atoms with van der Waals surface area (Å²) in [5.41, 5.74) is 14.0. The predicted octanol–water partition coefficient (Wildman–Crippen LogP) is 9.06. The second kappa shape index (κ2) is 20.1. The van der Waals surface area contributed by atoms with E-state index in [1.807, 2.05) is 19.2 Å². The van der Waals surface area contributed by atoms with Gasteiger partial charge in [-0.3, -0.25) is 9.59 Å². The van der Waals surface area contributed by atoms with Crippen LogP contribution in [0.25, 0.3) is 6.08 Å². The minimum atomic E-state index is -0.225. The third-order valence-electron chi connectivity index (χ3n) is 11.1. The number of nitrogen functional groups attached to an aromatic ring is 1. The summed E-state index contributed by atoms with van der Waals surface area (Å²) < 4.78 is 5.42. The number of ketones is 2. The first-order valence-electron chi connectivity index (χ1n) is 19.8. The number of carbonyl (C=O) groups excluding carboxylic acids is 2. The van der Waals surface area contributed by atoms with Gasteiger partial charge in [0.1, 0.15) is 11.6 Å². The van der Waals surface area contributed by atoms with Crippen LogP contribution in [-0.4, -0.2) is 42.4 Å². The van der Waals surface area contributed by atoms with Crippen LogP contribution in [0.4, 0.5) is 5.82 Å². The molecule has 4 aromatic rings. The molecule has 0 radical (unpaired) electrons. The zero-order chi connectivity index (χ0) is 38.3. The van der Waals surface area contributed by atoms with Crippen molar-refractivity contribution in [3.8, 4) is 11.5 Å². The van der Waals surface area contributed by atoms with Gasteiger partial charge in [-0.2, -0.15) is 0 Å². The van der Waals surface area contributed by atoms with Crippen molar-refractivity contribution in [2.75, 3.05) is 26.4 Å². The van der Waals surface area contributed by atoms with Gasteiger partial charge in [0.2, 0.25) is 0 Å². The van der Waals surface area contributed by atoms with Crippen molar-refractivity contribution < 1.29 is 19.4 Å². The van der Waals surface area contributed by atoms with Crippen LogP contribution in [0.3, 0.4) is 0 Å². The maximum atomic E-state index is 13.0. The Balaban J connectivity index is 1.22. The topological polar surface area (TPSA) is 115 Å². The summed E-state index contributed by atoms with van der Waals surface area (Å²) in [6.07, 6.45) is 17.5. The molecule has 4 N–H and O–H groups in total. The largest absolute Gasteiger partial charge is 0.504 e. The number of hydrogen-bond donors (Lipinski definition) is 3. The number of rotatable bonds is 21. The van der Waals surface area contributed by atoms with Crippen molar-refractivity contribution in [2.24, 2.45) is 11.3 Å². The Morgan fingerprint density at radius 3 is 2.35 bits per heavy atom. The van der Waals surface area contributed by atoms with Gasteiger partial charge in [0.25, 0.3) is 0 Å². The van der Waals surface area contributed by atoms with Gasteiger partial charge in [-0.05, 0) is 152 Å². The molecule has 0 amide bonds. The molecule has 54 heavy (non-hydrogen) atoms. The zero-order valence-corrected chi connectivity index (χ0v) is 32.5. The first kappa shape index (κ1) is 40.4. The summed E-state index contributed by atoms with van der Waals surface area (Å²) in [6.45, 7) is 3.32. The number of aryl methyl sites for hydroxylation is 4. The second-order valence-electron chi connectivity index (χ2n) is 15.5. The van der Waals surface area contributed by atoms with Crippen molar-refractivity contribution in [3.05, 3.63) is 124 Å². The number of nitrogens with zero attached hydrogens (tertiary/aromatic N) is 1. The molecule has 1 aliphatic rings. The minimum Gasteiger partial charge on any atom is -0.504 e. The fourth-order valence-corrected chi connectivity index (χ4v) is 8.42. The Labute approximate surface area is 322 Å². The van der Waals surface area contributed by atoms with E-state index in [-0.39, 0.29) is 23.7 Å². The lowest BCUT2D eigenvalue weighted by Gasteiger charge is -2.32. The molecule has 5 rings (SSSR count). The number of allylic oxidation sites excluding steroid dienone is 1. The molecule has 1 aliphatic carbocycles. The number of hydrogen-bond acceptors (Lipinski definition) is 7. The number of aromatic nitrogens is 1. The van der Waals surface area contributed by atoms with Gasteiger partial charge in [0.15, 0.2) is 17.3 Å². The number of aromatic hydroxyl groups is 1. The van der Waals surface area contributed by atoms with Crippen LogP contribution in [0.1, 0.15) is 104 Å². The molecule has 0 saturated heterocycles. The maximum Gasteiger partial charge on any atom is 0.163 e. The number of nitrogens with two attached hydrogens (primary N) is 1. The first-order valence-corrected chi connectivity index (χ1v) is 19.8. The summed E-state index contributed by atoms with van der Waals surface area (Å²) in [5, 5.41) is 14.1. The number of pyridine rings is 1. The van der Waals surface area contributed by atoms with Crippen molar-refractivity contribution in [1.82, 2.24) is 10.3 Å². The summed E-state index contributed by atoms with van der Waals surface area (Å²) in [6, 6.07) is 24.7. The molecule has 1 saturated carbocycles. The average Bonchev–Trinajstić information content (AvgIpc) is 3.62. The van der Waals surface area contributed by atoms with Gasteiger partial charge < -0.3 is 20.9 Å². The van der Waals surface area contributed by atoms with Crippen LogP contribution in [0, 0.1) is 11.3 Å². The lowest BCUT2D eigenvalue weighted by molar-refractivity contribution is -0.124. The molecule has 7 nitrogen and oxygen atoms in total. The van der Waals surface area contributed by atoms with Crippen LogP contribution >= 0.6 is 0 Å². The lowest BCUT2D eigenvalue weighted by Crippen LogP contribution is -2.25. The summed E-state index contributed by atoms with van der Waals surface area (Å²) in [5.74, 6) is 1.17. The lowest BCUT2D eigenvalue weighted by atomic mass is 9.74. The number of phenols is 1. The van der Waals surface area contributed by atoms with E-state index < -0.39 is 0 Å². The van der Waals surface area contributed by atoms with Gasteiger partial charge in [0.05, 0.1) is 13.5 Å². The highest BCUT2D eigenvalue weighted by atomic mass is 16.5. The molecule has 1 atom stereocenters. The number of anilines is 1. The highest BCUT2D eigenvalue weighted by molar-refractivity contribution is 6.06. The third kappa shape index (κ3) is 12.1. The molecule has 0 aliphatic heterocycles. The Bertz CT molecular complexity index is 1860. The number of Topliss-reactive ketones (excluding diaryl/α,β-unsaturated/α-hetero) is 1. The van der Waals surface area contributed by atoms with Crippen LogP contribution < -0.4 is 15.8 Å². The molecule has 0 bridgehead atoms. The highest BCUT2D eigenvalue weighted by Crippen LogP contribution is 2.47. The Morgan fingerprint density at radius 1 is 0.926 bits per heavy atom. The standard InChI is InChI=1S/C47H59N3O4/c1-34(32-49-2)31-47(22-7-8-23-47)24-10-15-42(51)30-43(52)21-20-38-28-45(54-3)44(53)27-40(38)26-41-33-50-46(48)29-39(41)19-18-37-14-9-13-36(25-37)17-16-35-11-5-4-6-12-35/h4-6,9,11-14,20-21,25,27-29,33-34,49,53H,7-8,10,15-19,22-24,26,30-32H2,1-3H3,(H2,48,50)/t34-/m1/s1. The fourth-order valence-electron chi connectivity index (χ4n) is 8.42. The molecule has 0 spiro atoms. The number of carbonyl (C=O) groups is 2. The number of methoxy groups -OCH3 is 1. The maximum absolute atomic E-state index is 13.0. The third-order valence-corrected chi connectivity index (χ3v) is 11.1.